The number of rotatable bonds is 20. The van der Waals surface area contributed by atoms with Crippen molar-refractivity contribution in [3.05, 3.63) is 75.8 Å². The summed E-state index contributed by atoms with van der Waals surface area (Å²) in [6, 6.07) is 12.3. The molecule has 6 N–H and O–H groups in total. The lowest BCUT2D eigenvalue weighted by molar-refractivity contribution is -0.142. The van der Waals surface area contributed by atoms with Crippen LogP contribution in [0.15, 0.2) is 53.5 Å². The summed E-state index contributed by atoms with van der Waals surface area (Å²) in [6.45, 7) is 3.45. The van der Waals surface area contributed by atoms with Crippen molar-refractivity contribution >= 4 is 11.9 Å². The highest BCUT2D eigenvalue weighted by Gasteiger charge is 2.14. The second kappa shape index (κ2) is 17.9. The number of hydrogen-bond donors (Lipinski definition) is 5. The van der Waals surface area contributed by atoms with Gasteiger partial charge in [0.2, 0.25) is 11.8 Å². The molecular formula is C32H44N4O8. The van der Waals surface area contributed by atoms with E-state index in [0.29, 0.717) is 36.6 Å². The number of amides is 1. The number of primary amides is 1. The number of aryl methyl sites for hydroxylation is 1. The minimum atomic E-state index is -0.731. The van der Waals surface area contributed by atoms with Gasteiger partial charge < -0.3 is 35.8 Å². The topological polar surface area (TPSA) is 178 Å². The third-order valence-corrected chi connectivity index (χ3v) is 7.11. The average Bonchev–Trinajstić information content (AvgIpc) is 3.27. The first-order valence-corrected chi connectivity index (χ1v) is 15.0. The van der Waals surface area contributed by atoms with Gasteiger partial charge in [-0.15, -0.1) is 0 Å². The van der Waals surface area contributed by atoms with Gasteiger partial charge in [0.25, 0.3) is 0 Å². The molecule has 0 aliphatic rings. The minimum absolute atomic E-state index is 0.0246. The molecule has 12 heteroatoms. The standard InChI is InChI=1S/C32H44N4O8/c1-23(37)44-22-26-18-25(12-13-28(26)38)29(39)19-34-14-5-2-3-6-15-43-16-7-4-9-24-10-8-11-27(17-24)35-21-31(41)36(32(35)42)20-30(33)40/h8,10-13,17-18,21,29,34,38-39,41H,2-7,9,14-16,19-20,22H2,1H3,(H2,33,40)/t29-/m0/s1. The lowest BCUT2D eigenvalue weighted by Gasteiger charge is -2.14. The first-order valence-electron chi connectivity index (χ1n) is 15.0. The van der Waals surface area contributed by atoms with E-state index in [9.17, 15) is 29.7 Å². The molecule has 12 nitrogen and oxygen atoms in total. The van der Waals surface area contributed by atoms with Gasteiger partial charge in [-0.05, 0) is 74.0 Å². The van der Waals surface area contributed by atoms with Gasteiger partial charge in [0.05, 0.1) is 18.0 Å². The molecule has 1 amide bonds. The maximum absolute atomic E-state index is 12.5. The molecule has 3 rings (SSSR count). The molecule has 0 spiro atoms. The molecular weight excluding hydrogens is 568 g/mol. The third kappa shape index (κ3) is 11.2. The molecule has 0 saturated heterocycles. The van der Waals surface area contributed by atoms with Crippen molar-refractivity contribution in [3.63, 3.8) is 0 Å². The predicted molar refractivity (Wildman–Crippen MR) is 165 cm³/mol. The zero-order chi connectivity index (χ0) is 31.9. The van der Waals surface area contributed by atoms with Crippen molar-refractivity contribution < 1.29 is 34.4 Å². The van der Waals surface area contributed by atoms with Gasteiger partial charge in [0, 0.05) is 32.2 Å². The molecule has 1 heterocycles. The van der Waals surface area contributed by atoms with Gasteiger partial charge in [0.1, 0.15) is 18.9 Å². The predicted octanol–water partition coefficient (Wildman–Crippen LogP) is 2.82. The Bertz CT molecular complexity index is 1420. The molecule has 0 fully saturated rings. The molecule has 1 aromatic heterocycles. The Morgan fingerprint density at radius 2 is 1.75 bits per heavy atom. The van der Waals surface area contributed by atoms with Crippen LogP contribution in [0.25, 0.3) is 5.69 Å². The average molecular weight is 613 g/mol. The lowest BCUT2D eigenvalue weighted by atomic mass is 10.1. The van der Waals surface area contributed by atoms with Crippen molar-refractivity contribution in [2.45, 2.75) is 71.1 Å². The van der Waals surface area contributed by atoms with Crippen LogP contribution in [-0.2, 0) is 38.6 Å². The summed E-state index contributed by atoms with van der Waals surface area (Å²) in [7, 11) is 0. The molecule has 0 aliphatic carbocycles. The van der Waals surface area contributed by atoms with E-state index in [1.807, 2.05) is 18.2 Å². The van der Waals surface area contributed by atoms with Gasteiger partial charge in [-0.3, -0.25) is 18.7 Å². The molecule has 1 atom stereocenters. The Labute approximate surface area is 257 Å². The van der Waals surface area contributed by atoms with Gasteiger partial charge in [-0.2, -0.15) is 0 Å². The second-order valence-corrected chi connectivity index (χ2v) is 10.7. The number of benzene rings is 2. The number of nitrogens with one attached hydrogen (secondary N) is 1. The number of unbranched alkanes of at least 4 members (excludes halogenated alkanes) is 4. The molecule has 0 radical (unpaired) electrons. The number of nitrogens with two attached hydrogens (primary N) is 1. The third-order valence-electron chi connectivity index (χ3n) is 7.11. The molecule has 0 aliphatic heterocycles. The summed E-state index contributed by atoms with van der Waals surface area (Å²) in [5.74, 6) is -1.43. The fourth-order valence-corrected chi connectivity index (χ4v) is 4.73. The molecule has 240 valence electrons. The van der Waals surface area contributed by atoms with E-state index in [1.54, 1.807) is 18.2 Å². The van der Waals surface area contributed by atoms with Crippen LogP contribution in [0.5, 0.6) is 11.6 Å². The van der Waals surface area contributed by atoms with Crippen molar-refractivity contribution in [2.24, 2.45) is 5.73 Å². The van der Waals surface area contributed by atoms with Crippen molar-refractivity contribution in [2.75, 3.05) is 26.3 Å². The molecule has 0 saturated carbocycles. The van der Waals surface area contributed by atoms with E-state index in [0.717, 1.165) is 61.6 Å². The quantitative estimate of drug-likeness (QED) is 0.0948. The number of aliphatic hydroxyl groups is 1. The maximum atomic E-state index is 12.5. The summed E-state index contributed by atoms with van der Waals surface area (Å²) >= 11 is 0. The van der Waals surface area contributed by atoms with Gasteiger partial charge in [0.15, 0.2) is 0 Å². The van der Waals surface area contributed by atoms with Gasteiger partial charge >= 0.3 is 11.7 Å². The van der Waals surface area contributed by atoms with Crippen LogP contribution in [0.3, 0.4) is 0 Å². The van der Waals surface area contributed by atoms with E-state index in [1.165, 1.54) is 23.8 Å². The van der Waals surface area contributed by atoms with Crippen LogP contribution in [0, 0.1) is 0 Å². The molecule has 0 unspecified atom stereocenters. The highest BCUT2D eigenvalue weighted by Crippen LogP contribution is 2.23. The first kappa shape index (κ1) is 34.4. The fourth-order valence-electron chi connectivity index (χ4n) is 4.73. The largest absolute Gasteiger partial charge is 0.508 e. The number of imidazole rings is 1. The highest BCUT2D eigenvalue weighted by atomic mass is 16.5. The van der Waals surface area contributed by atoms with Crippen LogP contribution >= 0.6 is 0 Å². The smallest absolute Gasteiger partial charge is 0.336 e. The number of esters is 1. The normalized spacial score (nSPS) is 11.9. The number of ether oxygens (including phenoxy) is 2. The van der Waals surface area contributed by atoms with Crippen LogP contribution in [0.2, 0.25) is 0 Å². The summed E-state index contributed by atoms with van der Waals surface area (Å²) in [6.07, 6.45) is 7.31. The number of nitrogens with zero attached hydrogens (tertiary/aromatic N) is 2. The van der Waals surface area contributed by atoms with E-state index < -0.39 is 23.7 Å². The Morgan fingerprint density at radius 1 is 1.00 bits per heavy atom. The van der Waals surface area contributed by atoms with E-state index in [-0.39, 0.29) is 24.8 Å². The number of aromatic nitrogens is 2. The lowest BCUT2D eigenvalue weighted by Crippen LogP contribution is -2.29. The number of phenolic OH excluding ortho intramolecular Hbond substituents is 1. The van der Waals surface area contributed by atoms with Gasteiger partial charge in [-0.25, -0.2) is 4.79 Å². The molecule has 44 heavy (non-hydrogen) atoms. The Hall–Kier alpha value is -4.13. The number of aliphatic hydroxyl groups excluding tert-OH is 1. The number of aromatic hydroxyl groups is 2. The van der Waals surface area contributed by atoms with Gasteiger partial charge in [-0.1, -0.05) is 31.0 Å². The van der Waals surface area contributed by atoms with Crippen LogP contribution in [-0.4, -0.2) is 62.6 Å². The van der Waals surface area contributed by atoms with E-state index in [2.05, 4.69) is 5.32 Å². The SMILES string of the molecule is CC(=O)OCc1cc([C@@H](O)CNCCCCCCOCCCCc2cccc(-n3cc(O)n(CC(N)=O)c3=O)c2)ccc1O. The molecule has 3 aromatic rings. The van der Waals surface area contributed by atoms with Crippen LogP contribution in [0.1, 0.15) is 68.2 Å². The summed E-state index contributed by atoms with van der Waals surface area (Å²) < 4.78 is 12.9. The van der Waals surface area contributed by atoms with Crippen molar-refractivity contribution in [1.29, 1.82) is 0 Å². The Kier molecular flexibility index (Phi) is 13.9. The fraction of sp³-hybridized carbons (Fsp3) is 0.469. The van der Waals surface area contributed by atoms with E-state index in [4.69, 9.17) is 15.2 Å². The minimum Gasteiger partial charge on any atom is -0.508 e. The second-order valence-electron chi connectivity index (χ2n) is 10.7. The molecule has 0 bridgehead atoms. The van der Waals surface area contributed by atoms with E-state index >= 15 is 0 Å². The highest BCUT2D eigenvalue weighted by molar-refractivity contribution is 5.73. The number of hydrogen-bond acceptors (Lipinski definition) is 9. The number of carbonyl (C=O) groups is 2. The Balaban J connectivity index is 1.22. The first-order chi connectivity index (χ1) is 21.2. The number of phenols is 1. The zero-order valence-corrected chi connectivity index (χ0v) is 25.2. The summed E-state index contributed by atoms with van der Waals surface area (Å²) in [4.78, 5) is 34.7. The van der Waals surface area contributed by atoms with Crippen LogP contribution < -0.4 is 16.7 Å². The monoisotopic (exact) mass is 612 g/mol. The Morgan fingerprint density at radius 3 is 2.50 bits per heavy atom. The van der Waals surface area contributed by atoms with Crippen molar-refractivity contribution in [3.8, 4) is 17.3 Å². The summed E-state index contributed by atoms with van der Waals surface area (Å²) in [5.41, 5.74) is 7.41. The maximum Gasteiger partial charge on any atom is 0.336 e. The van der Waals surface area contributed by atoms with Crippen LogP contribution in [0.4, 0.5) is 0 Å². The molecule has 2 aromatic carbocycles. The zero-order valence-electron chi connectivity index (χ0n) is 25.2. The summed E-state index contributed by atoms with van der Waals surface area (Å²) in [5, 5.41) is 33.6. The van der Waals surface area contributed by atoms with Crippen molar-refractivity contribution in [1.82, 2.24) is 14.5 Å². The number of carbonyl (C=O) groups excluding carboxylic acids is 2.